The zero-order chi connectivity index (χ0) is 35.4. The second-order valence-electron chi connectivity index (χ2n) is 12.4. The van der Waals surface area contributed by atoms with Gasteiger partial charge in [-0.1, -0.05) is 115 Å². The van der Waals surface area contributed by atoms with E-state index in [0.717, 1.165) is 83.5 Å². The van der Waals surface area contributed by atoms with Crippen LogP contribution in [0.2, 0.25) is 0 Å². The first-order chi connectivity index (χ1) is 23.3. The SMILES string of the molecule is CCCC/C=C\CCCCCCCC(=O)OCC(COP(=O)(O)OCCNC)OC(=O)CCCCCCC/C=C\C/C=C\CCCCC. The van der Waals surface area contributed by atoms with Gasteiger partial charge in [0.05, 0.1) is 13.2 Å². The first kappa shape index (κ1) is 46.2. The highest BCUT2D eigenvalue weighted by atomic mass is 31.2. The van der Waals surface area contributed by atoms with E-state index >= 15 is 0 Å². The molecule has 2 N–H and O–H groups in total. The number of carbonyl (C=O) groups excluding carboxylic acids is 2. The molecular formula is C38H70NO8P. The van der Waals surface area contributed by atoms with Crippen molar-refractivity contribution in [2.75, 3.05) is 33.4 Å². The molecule has 0 aromatic carbocycles. The summed E-state index contributed by atoms with van der Waals surface area (Å²) >= 11 is 0. The average molecular weight is 700 g/mol. The average Bonchev–Trinajstić information content (AvgIpc) is 3.06. The second kappa shape index (κ2) is 35.1. The third-order valence-corrected chi connectivity index (χ3v) is 8.72. The molecule has 48 heavy (non-hydrogen) atoms. The molecule has 0 heterocycles. The minimum Gasteiger partial charge on any atom is -0.462 e. The van der Waals surface area contributed by atoms with Gasteiger partial charge in [0.1, 0.15) is 6.61 Å². The Morgan fingerprint density at radius 3 is 1.73 bits per heavy atom. The normalized spacial score (nSPS) is 13.8. The van der Waals surface area contributed by atoms with E-state index in [2.05, 4.69) is 55.6 Å². The number of hydrogen-bond acceptors (Lipinski definition) is 8. The van der Waals surface area contributed by atoms with Crippen LogP contribution in [0.4, 0.5) is 0 Å². The molecule has 0 saturated carbocycles. The molecule has 2 atom stereocenters. The highest BCUT2D eigenvalue weighted by molar-refractivity contribution is 7.47. The van der Waals surface area contributed by atoms with E-state index in [-0.39, 0.29) is 32.0 Å². The molecule has 0 bridgehead atoms. The number of hydrogen-bond donors (Lipinski definition) is 2. The Kier molecular flexibility index (Phi) is 33.8. The van der Waals surface area contributed by atoms with E-state index in [4.69, 9.17) is 18.5 Å². The number of nitrogens with one attached hydrogen (secondary N) is 1. The van der Waals surface area contributed by atoms with Gasteiger partial charge in [-0.2, -0.15) is 0 Å². The molecule has 0 aliphatic carbocycles. The van der Waals surface area contributed by atoms with Crippen molar-refractivity contribution in [1.82, 2.24) is 5.32 Å². The lowest BCUT2D eigenvalue weighted by Crippen LogP contribution is -2.29. The molecule has 9 nitrogen and oxygen atoms in total. The van der Waals surface area contributed by atoms with Crippen LogP contribution in [0.25, 0.3) is 0 Å². The number of unbranched alkanes of at least 4 members (excludes halogenated alkanes) is 15. The zero-order valence-corrected chi connectivity index (χ0v) is 31.6. The lowest BCUT2D eigenvalue weighted by Gasteiger charge is -2.20. The predicted octanol–water partition coefficient (Wildman–Crippen LogP) is 10.1. The van der Waals surface area contributed by atoms with Crippen molar-refractivity contribution < 1.29 is 37.6 Å². The predicted molar refractivity (Wildman–Crippen MR) is 197 cm³/mol. The van der Waals surface area contributed by atoms with Crippen molar-refractivity contribution in [3.63, 3.8) is 0 Å². The number of rotatable bonds is 35. The Bertz CT molecular complexity index is 892. The number of allylic oxidation sites excluding steroid dienone is 6. The lowest BCUT2D eigenvalue weighted by atomic mass is 10.1. The maximum absolute atomic E-state index is 12.5. The largest absolute Gasteiger partial charge is 0.472 e. The monoisotopic (exact) mass is 699 g/mol. The first-order valence-electron chi connectivity index (χ1n) is 18.9. The molecule has 0 aromatic heterocycles. The van der Waals surface area contributed by atoms with E-state index in [9.17, 15) is 19.0 Å². The fourth-order valence-electron chi connectivity index (χ4n) is 4.80. The number of carbonyl (C=O) groups is 2. The molecule has 280 valence electrons. The van der Waals surface area contributed by atoms with Crippen molar-refractivity contribution in [2.24, 2.45) is 0 Å². The number of likely N-dealkylation sites (N-methyl/N-ethyl adjacent to an activating group) is 1. The maximum atomic E-state index is 12.5. The van der Waals surface area contributed by atoms with Gasteiger partial charge < -0.3 is 19.7 Å². The van der Waals surface area contributed by atoms with Crippen molar-refractivity contribution in [2.45, 2.75) is 161 Å². The quantitative estimate of drug-likeness (QED) is 0.0288. The van der Waals surface area contributed by atoms with Crippen LogP contribution in [0.3, 0.4) is 0 Å². The molecule has 2 unspecified atom stereocenters. The molecule has 0 saturated heterocycles. The molecule has 0 aromatic rings. The van der Waals surface area contributed by atoms with Crippen molar-refractivity contribution in [3.05, 3.63) is 36.5 Å². The third kappa shape index (κ3) is 34.1. The number of phosphoric acid groups is 1. The second-order valence-corrected chi connectivity index (χ2v) is 13.9. The lowest BCUT2D eigenvalue weighted by molar-refractivity contribution is -0.161. The van der Waals surface area contributed by atoms with Crippen LogP contribution in [0, 0.1) is 0 Å². The summed E-state index contributed by atoms with van der Waals surface area (Å²) in [6, 6.07) is 0. The Morgan fingerprint density at radius 2 is 1.15 bits per heavy atom. The minimum atomic E-state index is -4.35. The van der Waals surface area contributed by atoms with Crippen LogP contribution in [0.5, 0.6) is 0 Å². The minimum absolute atomic E-state index is 0.0216. The standard InChI is InChI=1S/C38H70NO8P/c1-4-6-8-10-12-14-16-17-18-19-21-23-25-27-29-31-38(41)47-36(35-46-48(42,43)45-33-32-39-3)34-44-37(40)30-28-26-24-22-20-15-13-11-9-7-5-2/h11-14,17-18,36,39H,4-10,15-16,19-35H2,1-3H3,(H,42,43)/b13-11-,14-12-,18-17-. The van der Waals surface area contributed by atoms with E-state index < -0.39 is 26.5 Å². The first-order valence-corrected chi connectivity index (χ1v) is 20.4. The molecule has 10 heteroatoms. The van der Waals surface area contributed by atoms with Crippen LogP contribution in [-0.2, 0) is 32.7 Å². The van der Waals surface area contributed by atoms with Gasteiger partial charge in [0, 0.05) is 19.4 Å². The van der Waals surface area contributed by atoms with Gasteiger partial charge in [0.2, 0.25) is 0 Å². The number of esters is 2. The van der Waals surface area contributed by atoms with Gasteiger partial charge in [-0.15, -0.1) is 0 Å². The number of phosphoric ester groups is 1. The zero-order valence-electron chi connectivity index (χ0n) is 30.7. The summed E-state index contributed by atoms with van der Waals surface area (Å²) in [7, 11) is -2.65. The van der Waals surface area contributed by atoms with E-state index in [0.29, 0.717) is 13.0 Å². The molecule has 0 aliphatic rings. The van der Waals surface area contributed by atoms with Crippen LogP contribution in [0.15, 0.2) is 36.5 Å². The van der Waals surface area contributed by atoms with E-state index in [1.54, 1.807) is 7.05 Å². The molecule has 0 aliphatic heterocycles. The smallest absolute Gasteiger partial charge is 0.462 e. The highest BCUT2D eigenvalue weighted by Gasteiger charge is 2.26. The van der Waals surface area contributed by atoms with Gasteiger partial charge in [-0.05, 0) is 71.3 Å². The summed E-state index contributed by atoms with van der Waals surface area (Å²) in [5.41, 5.74) is 0. The van der Waals surface area contributed by atoms with Crippen LogP contribution < -0.4 is 5.32 Å². The van der Waals surface area contributed by atoms with Gasteiger partial charge in [-0.25, -0.2) is 4.57 Å². The molecular weight excluding hydrogens is 629 g/mol. The van der Waals surface area contributed by atoms with Crippen LogP contribution in [0.1, 0.15) is 155 Å². The summed E-state index contributed by atoms with van der Waals surface area (Å²) in [6.07, 6.45) is 34.7. The Labute approximate surface area is 293 Å². The van der Waals surface area contributed by atoms with Gasteiger partial charge in [0.15, 0.2) is 6.10 Å². The summed E-state index contributed by atoms with van der Waals surface area (Å²) in [4.78, 5) is 34.8. The molecule has 0 rings (SSSR count). The van der Waals surface area contributed by atoms with Crippen LogP contribution >= 0.6 is 7.82 Å². The summed E-state index contributed by atoms with van der Waals surface area (Å²) in [5.74, 6) is -0.838. The molecule has 0 fully saturated rings. The maximum Gasteiger partial charge on any atom is 0.472 e. The summed E-state index contributed by atoms with van der Waals surface area (Å²) in [6.45, 7) is 4.11. The van der Waals surface area contributed by atoms with Crippen LogP contribution in [-0.4, -0.2) is 56.3 Å². The molecule has 0 spiro atoms. The molecule has 0 radical (unpaired) electrons. The summed E-state index contributed by atoms with van der Waals surface area (Å²) < 4.78 is 33.0. The van der Waals surface area contributed by atoms with E-state index in [1.807, 2.05) is 0 Å². The fourth-order valence-corrected chi connectivity index (χ4v) is 5.55. The van der Waals surface area contributed by atoms with Gasteiger partial charge in [-0.3, -0.25) is 18.6 Å². The Morgan fingerprint density at radius 1 is 0.646 bits per heavy atom. The third-order valence-electron chi connectivity index (χ3n) is 7.73. The summed E-state index contributed by atoms with van der Waals surface area (Å²) in [5, 5.41) is 2.81. The molecule has 0 amide bonds. The van der Waals surface area contributed by atoms with Gasteiger partial charge in [0.25, 0.3) is 0 Å². The van der Waals surface area contributed by atoms with Gasteiger partial charge >= 0.3 is 19.8 Å². The van der Waals surface area contributed by atoms with Crippen molar-refractivity contribution in [1.29, 1.82) is 0 Å². The highest BCUT2D eigenvalue weighted by Crippen LogP contribution is 2.43. The number of ether oxygens (including phenoxy) is 2. The fraction of sp³-hybridized carbons (Fsp3) is 0.789. The van der Waals surface area contributed by atoms with Crippen molar-refractivity contribution >= 4 is 19.8 Å². The van der Waals surface area contributed by atoms with E-state index in [1.165, 1.54) is 38.5 Å². The van der Waals surface area contributed by atoms with Crippen molar-refractivity contribution in [3.8, 4) is 0 Å². The topological polar surface area (TPSA) is 120 Å². The Balaban J connectivity index is 4.34. The Hall–Kier alpha value is -1.77.